The molecule has 0 saturated carbocycles. The molecule has 0 saturated heterocycles. The van der Waals surface area contributed by atoms with E-state index in [1.807, 2.05) is 0 Å². The Labute approximate surface area is 81.1 Å². The van der Waals surface area contributed by atoms with Crippen molar-refractivity contribution in [3.8, 4) is 0 Å². The fourth-order valence-corrected chi connectivity index (χ4v) is 0.832. The Morgan fingerprint density at radius 3 is 2.21 bits per heavy atom. The molecule has 14 heavy (non-hydrogen) atoms. The lowest BCUT2D eigenvalue weighted by Crippen LogP contribution is -2.41. The zero-order valence-corrected chi connectivity index (χ0v) is 8.23. The third-order valence-electron chi connectivity index (χ3n) is 1.63. The van der Waals surface area contributed by atoms with Gasteiger partial charge in [-0.1, -0.05) is 0 Å². The highest BCUT2D eigenvalue weighted by Crippen LogP contribution is 2.17. The zero-order chi connectivity index (χ0) is 11.2. The summed E-state index contributed by atoms with van der Waals surface area (Å²) in [5.74, 6) is -1.48. The molecular weight excluding hydrogens is 192 g/mol. The summed E-state index contributed by atoms with van der Waals surface area (Å²) in [4.78, 5) is 32.2. The van der Waals surface area contributed by atoms with E-state index in [-0.39, 0.29) is 12.9 Å². The number of hydrogen-bond acceptors (Lipinski definition) is 6. The van der Waals surface area contributed by atoms with Gasteiger partial charge in [-0.05, 0) is 6.92 Å². The molecule has 6 heteroatoms. The molecule has 0 bridgehead atoms. The van der Waals surface area contributed by atoms with Crippen LogP contribution in [0.4, 0.5) is 0 Å². The van der Waals surface area contributed by atoms with Gasteiger partial charge in [-0.3, -0.25) is 9.59 Å². The van der Waals surface area contributed by atoms with Crippen molar-refractivity contribution < 1.29 is 28.6 Å². The first-order valence-electron chi connectivity index (χ1n) is 3.77. The molecule has 1 unspecified atom stereocenters. The van der Waals surface area contributed by atoms with Crippen LogP contribution in [-0.2, 0) is 28.6 Å². The van der Waals surface area contributed by atoms with Crippen molar-refractivity contribution in [3.05, 3.63) is 0 Å². The lowest BCUT2D eigenvalue weighted by atomic mass is 10.0. The fraction of sp³-hybridized carbons (Fsp3) is 0.625. The van der Waals surface area contributed by atoms with Crippen LogP contribution >= 0.6 is 0 Å². The van der Waals surface area contributed by atoms with Crippen LogP contribution in [0.15, 0.2) is 0 Å². The lowest BCUT2D eigenvalue weighted by molar-refractivity contribution is -0.176. The van der Waals surface area contributed by atoms with E-state index in [4.69, 9.17) is 0 Å². The van der Waals surface area contributed by atoms with Gasteiger partial charge in [0.15, 0.2) is 0 Å². The average molecular weight is 204 g/mol. The van der Waals surface area contributed by atoms with Crippen LogP contribution in [0.3, 0.4) is 0 Å². The van der Waals surface area contributed by atoms with Crippen LogP contribution < -0.4 is 0 Å². The molecule has 0 radical (unpaired) electrons. The molecule has 0 aromatic rings. The third kappa shape index (κ3) is 3.04. The molecular formula is C8H12O6. The summed E-state index contributed by atoms with van der Waals surface area (Å²) < 4.78 is 13.2. The Morgan fingerprint density at radius 2 is 1.86 bits per heavy atom. The summed E-state index contributed by atoms with van der Waals surface area (Å²) in [7, 11) is 2.30. The maximum Gasteiger partial charge on any atom is 0.350 e. The first-order chi connectivity index (χ1) is 6.50. The number of carbonyl (C=O) groups excluding carboxylic acids is 3. The second-order valence-corrected chi connectivity index (χ2v) is 2.69. The van der Waals surface area contributed by atoms with E-state index in [2.05, 4.69) is 14.2 Å². The van der Waals surface area contributed by atoms with Crippen LogP contribution in [0, 0.1) is 0 Å². The fourth-order valence-electron chi connectivity index (χ4n) is 0.832. The number of ether oxygens (including phenoxy) is 3. The minimum atomic E-state index is -1.62. The van der Waals surface area contributed by atoms with Crippen molar-refractivity contribution in [3.63, 3.8) is 0 Å². The van der Waals surface area contributed by atoms with Gasteiger partial charge in [-0.25, -0.2) is 4.79 Å². The van der Waals surface area contributed by atoms with Crippen LogP contribution in [0.25, 0.3) is 0 Å². The van der Waals surface area contributed by atoms with E-state index >= 15 is 0 Å². The van der Waals surface area contributed by atoms with E-state index in [1.54, 1.807) is 0 Å². The van der Waals surface area contributed by atoms with Crippen LogP contribution in [0.2, 0.25) is 0 Å². The smallest absolute Gasteiger partial charge is 0.350 e. The molecule has 0 rings (SSSR count). The van der Waals surface area contributed by atoms with E-state index < -0.39 is 17.5 Å². The molecule has 80 valence electrons. The molecule has 6 nitrogen and oxygen atoms in total. The van der Waals surface area contributed by atoms with E-state index in [0.29, 0.717) is 0 Å². The molecule has 0 aliphatic carbocycles. The predicted molar refractivity (Wildman–Crippen MR) is 44.2 cm³/mol. The normalized spacial score (nSPS) is 13.6. The van der Waals surface area contributed by atoms with Crippen LogP contribution in [0.1, 0.15) is 13.3 Å². The molecule has 0 aliphatic rings. The zero-order valence-electron chi connectivity index (χ0n) is 8.23. The summed E-state index contributed by atoms with van der Waals surface area (Å²) in [5.41, 5.74) is -1.62. The minimum absolute atomic E-state index is 0.0832. The summed E-state index contributed by atoms with van der Waals surface area (Å²) in [6.07, 6.45) is -0.380. The second kappa shape index (κ2) is 5.21. The molecule has 0 heterocycles. The minimum Gasteiger partial charge on any atom is -0.469 e. The van der Waals surface area contributed by atoms with Crippen molar-refractivity contribution in [1.29, 1.82) is 0 Å². The highest BCUT2D eigenvalue weighted by Gasteiger charge is 2.39. The van der Waals surface area contributed by atoms with Crippen LogP contribution in [0.5, 0.6) is 0 Å². The van der Waals surface area contributed by atoms with Crippen LogP contribution in [-0.4, -0.2) is 38.2 Å². The van der Waals surface area contributed by atoms with E-state index in [0.717, 1.165) is 7.11 Å². The molecule has 0 amide bonds. The maximum atomic E-state index is 11.2. The molecule has 0 aliphatic heterocycles. The first kappa shape index (κ1) is 12.4. The highest BCUT2D eigenvalue weighted by atomic mass is 16.6. The van der Waals surface area contributed by atoms with Gasteiger partial charge in [0.25, 0.3) is 6.47 Å². The average Bonchev–Trinajstić information content (AvgIpc) is 2.16. The van der Waals surface area contributed by atoms with Gasteiger partial charge in [0.2, 0.25) is 5.60 Å². The Balaban J connectivity index is 4.62. The van der Waals surface area contributed by atoms with E-state index in [9.17, 15) is 14.4 Å². The first-order valence-corrected chi connectivity index (χ1v) is 3.77. The number of rotatable bonds is 5. The second-order valence-electron chi connectivity index (χ2n) is 2.69. The number of hydrogen-bond donors (Lipinski definition) is 0. The summed E-state index contributed by atoms with van der Waals surface area (Å²) >= 11 is 0. The highest BCUT2D eigenvalue weighted by molar-refractivity contribution is 5.86. The number of methoxy groups -OCH3 is 2. The van der Waals surface area contributed by atoms with Gasteiger partial charge in [-0.2, -0.15) is 0 Å². The van der Waals surface area contributed by atoms with E-state index in [1.165, 1.54) is 14.0 Å². The Kier molecular flexibility index (Phi) is 4.62. The monoisotopic (exact) mass is 204 g/mol. The van der Waals surface area contributed by atoms with Gasteiger partial charge in [-0.15, -0.1) is 0 Å². The molecule has 1 atom stereocenters. The third-order valence-corrected chi connectivity index (χ3v) is 1.63. The van der Waals surface area contributed by atoms with Crippen molar-refractivity contribution in [2.24, 2.45) is 0 Å². The lowest BCUT2D eigenvalue weighted by Gasteiger charge is -2.22. The predicted octanol–water partition coefficient (Wildman–Crippen LogP) is -0.346. The van der Waals surface area contributed by atoms with Gasteiger partial charge in [0.05, 0.1) is 20.6 Å². The largest absolute Gasteiger partial charge is 0.469 e. The SMILES string of the molecule is COC(=O)CC(C)(OC=O)C(=O)OC. The maximum absolute atomic E-state index is 11.2. The van der Waals surface area contributed by atoms with Crippen molar-refractivity contribution >= 4 is 18.4 Å². The number of carbonyl (C=O) groups is 3. The molecule has 0 fully saturated rings. The Bertz CT molecular complexity index is 236. The standard InChI is InChI=1S/C8H12O6/c1-8(14-5-9,7(11)13-3)4-6(10)12-2/h5H,4H2,1-3H3. The summed E-state index contributed by atoms with van der Waals surface area (Å²) in [5, 5.41) is 0. The molecule has 0 aromatic heterocycles. The Morgan fingerprint density at radius 1 is 1.29 bits per heavy atom. The number of esters is 2. The van der Waals surface area contributed by atoms with Crippen molar-refractivity contribution in [1.82, 2.24) is 0 Å². The Hall–Kier alpha value is -1.59. The van der Waals surface area contributed by atoms with Gasteiger partial charge >= 0.3 is 11.9 Å². The van der Waals surface area contributed by atoms with Crippen molar-refractivity contribution in [2.75, 3.05) is 14.2 Å². The topological polar surface area (TPSA) is 78.9 Å². The van der Waals surface area contributed by atoms with Gasteiger partial charge in [0.1, 0.15) is 0 Å². The molecule has 0 aromatic carbocycles. The van der Waals surface area contributed by atoms with Crippen molar-refractivity contribution in [2.45, 2.75) is 18.9 Å². The molecule has 0 spiro atoms. The van der Waals surface area contributed by atoms with Gasteiger partial charge in [0, 0.05) is 0 Å². The summed E-state index contributed by atoms with van der Waals surface area (Å²) in [6.45, 7) is 1.35. The van der Waals surface area contributed by atoms with Gasteiger partial charge < -0.3 is 14.2 Å². The quantitative estimate of drug-likeness (QED) is 0.346. The molecule has 0 N–H and O–H groups in total. The summed E-state index contributed by atoms with van der Waals surface area (Å²) in [6, 6.07) is 0.